The number of nitrogens with zero attached hydrogens (tertiary/aromatic N) is 1. The molecule has 0 atom stereocenters. The number of ether oxygens (including phenoxy) is 1. The Hall–Kier alpha value is -4.17. The smallest absolute Gasteiger partial charge is 0.213 e. The lowest BCUT2D eigenvalue weighted by atomic mass is 9.86. The zero-order chi connectivity index (χ0) is 22.6. The summed E-state index contributed by atoms with van der Waals surface area (Å²) in [6, 6.07) is 40.6. The molecule has 0 spiro atoms. The maximum Gasteiger partial charge on any atom is 0.213 e. The van der Waals surface area contributed by atoms with Crippen LogP contribution in [0.15, 0.2) is 121 Å². The third-order valence-corrected chi connectivity index (χ3v) is 6.04. The highest BCUT2D eigenvalue weighted by Crippen LogP contribution is 2.42. The Morgan fingerprint density at radius 2 is 1.09 bits per heavy atom. The second-order valence-corrected chi connectivity index (χ2v) is 8.10. The Kier molecular flexibility index (Phi) is 5.73. The molecular formula is C31H26NO+. The van der Waals surface area contributed by atoms with Crippen LogP contribution in [0.5, 0.6) is 5.75 Å². The Labute approximate surface area is 195 Å². The zero-order valence-electron chi connectivity index (χ0n) is 18.9. The number of aromatic nitrogens is 1. The van der Waals surface area contributed by atoms with Crippen molar-refractivity contribution < 1.29 is 9.30 Å². The molecule has 1 aromatic heterocycles. The Bertz CT molecular complexity index is 1310. The van der Waals surface area contributed by atoms with Crippen molar-refractivity contribution in [3.63, 3.8) is 0 Å². The average molecular weight is 429 g/mol. The summed E-state index contributed by atoms with van der Waals surface area (Å²) in [5.41, 5.74) is 9.57. The van der Waals surface area contributed by atoms with E-state index >= 15 is 0 Å². The molecule has 1 heterocycles. The molecule has 33 heavy (non-hydrogen) atoms. The number of pyridine rings is 1. The molecule has 0 unspecified atom stereocenters. The molecule has 5 rings (SSSR count). The molecule has 0 bridgehead atoms. The fraction of sp³-hybridized carbons (Fsp3) is 0.0645. The molecule has 0 aliphatic carbocycles. The van der Waals surface area contributed by atoms with Gasteiger partial charge in [0.1, 0.15) is 12.8 Å². The van der Waals surface area contributed by atoms with Gasteiger partial charge in [-0.05, 0) is 63.7 Å². The Morgan fingerprint density at radius 1 is 0.545 bits per heavy atom. The van der Waals surface area contributed by atoms with E-state index in [2.05, 4.69) is 121 Å². The minimum absolute atomic E-state index is 0.859. The van der Waals surface area contributed by atoms with Crippen molar-refractivity contribution in [2.75, 3.05) is 7.11 Å². The van der Waals surface area contributed by atoms with Gasteiger partial charge in [-0.3, -0.25) is 0 Å². The first-order valence-corrected chi connectivity index (χ1v) is 11.1. The standard InChI is InChI=1S/C31H26NO/c1-32-20-10-9-15-30(32)31-28(24-11-5-3-6-12-24)21-26(23-16-18-27(33-2)19-17-23)22-29(31)25-13-7-4-8-14-25/h3-22H,1-2H3/q+1. The van der Waals surface area contributed by atoms with Crippen LogP contribution < -0.4 is 9.30 Å². The van der Waals surface area contributed by atoms with Crippen LogP contribution in [-0.4, -0.2) is 7.11 Å². The van der Waals surface area contributed by atoms with Crippen LogP contribution in [0.4, 0.5) is 0 Å². The highest BCUT2D eigenvalue weighted by atomic mass is 16.5. The van der Waals surface area contributed by atoms with Gasteiger partial charge in [-0.2, -0.15) is 0 Å². The minimum atomic E-state index is 0.859. The Morgan fingerprint density at radius 3 is 1.61 bits per heavy atom. The summed E-state index contributed by atoms with van der Waals surface area (Å²) < 4.78 is 7.57. The summed E-state index contributed by atoms with van der Waals surface area (Å²) in [5.74, 6) is 0.859. The van der Waals surface area contributed by atoms with E-state index in [0.717, 1.165) is 11.3 Å². The number of rotatable bonds is 5. The van der Waals surface area contributed by atoms with Gasteiger partial charge in [-0.25, -0.2) is 4.57 Å². The molecule has 0 radical (unpaired) electrons. The van der Waals surface area contributed by atoms with Gasteiger partial charge in [0.25, 0.3) is 0 Å². The van der Waals surface area contributed by atoms with Crippen molar-refractivity contribution in [3.05, 3.63) is 121 Å². The van der Waals surface area contributed by atoms with E-state index in [1.807, 2.05) is 12.1 Å². The van der Waals surface area contributed by atoms with Crippen LogP contribution in [0, 0.1) is 0 Å². The SMILES string of the molecule is COc1ccc(-c2cc(-c3ccccc3)c(-c3cccc[n+]3C)c(-c3ccccc3)c2)cc1. The van der Waals surface area contributed by atoms with Crippen molar-refractivity contribution in [1.82, 2.24) is 0 Å². The lowest BCUT2D eigenvalue weighted by molar-refractivity contribution is -0.660. The van der Waals surface area contributed by atoms with Crippen LogP contribution >= 0.6 is 0 Å². The van der Waals surface area contributed by atoms with Gasteiger partial charge < -0.3 is 4.74 Å². The van der Waals surface area contributed by atoms with E-state index in [1.54, 1.807) is 7.11 Å². The van der Waals surface area contributed by atoms with Crippen molar-refractivity contribution in [2.24, 2.45) is 7.05 Å². The van der Waals surface area contributed by atoms with E-state index in [-0.39, 0.29) is 0 Å². The van der Waals surface area contributed by atoms with Crippen LogP contribution in [0.3, 0.4) is 0 Å². The highest BCUT2D eigenvalue weighted by molar-refractivity contribution is 5.96. The van der Waals surface area contributed by atoms with Gasteiger partial charge >= 0.3 is 0 Å². The molecule has 2 nitrogen and oxygen atoms in total. The largest absolute Gasteiger partial charge is 0.497 e. The van der Waals surface area contributed by atoms with E-state index in [4.69, 9.17) is 4.74 Å². The second-order valence-electron chi connectivity index (χ2n) is 8.10. The molecule has 0 saturated heterocycles. The van der Waals surface area contributed by atoms with E-state index in [9.17, 15) is 0 Å². The van der Waals surface area contributed by atoms with Crippen LogP contribution in [0.1, 0.15) is 0 Å². The lowest BCUT2D eigenvalue weighted by Gasteiger charge is -2.17. The molecule has 4 aromatic carbocycles. The van der Waals surface area contributed by atoms with Crippen molar-refractivity contribution in [1.29, 1.82) is 0 Å². The van der Waals surface area contributed by atoms with E-state index < -0.39 is 0 Å². The number of aryl methyl sites for hydroxylation is 1. The van der Waals surface area contributed by atoms with Crippen LogP contribution in [0.25, 0.3) is 44.6 Å². The molecule has 0 saturated carbocycles. The highest BCUT2D eigenvalue weighted by Gasteiger charge is 2.22. The maximum atomic E-state index is 5.38. The normalized spacial score (nSPS) is 10.7. The molecule has 5 aromatic rings. The first-order chi connectivity index (χ1) is 16.2. The van der Waals surface area contributed by atoms with Crippen LogP contribution in [-0.2, 0) is 7.05 Å². The Balaban J connectivity index is 1.86. The zero-order valence-corrected chi connectivity index (χ0v) is 18.9. The second kappa shape index (κ2) is 9.13. The van der Waals surface area contributed by atoms with Gasteiger partial charge in [-0.1, -0.05) is 72.8 Å². The molecule has 0 N–H and O–H groups in total. The maximum absolute atomic E-state index is 5.38. The number of methoxy groups -OCH3 is 1. The molecule has 2 heteroatoms. The van der Waals surface area contributed by atoms with Crippen molar-refractivity contribution in [2.45, 2.75) is 0 Å². The summed E-state index contributed by atoms with van der Waals surface area (Å²) in [4.78, 5) is 0. The summed E-state index contributed by atoms with van der Waals surface area (Å²) in [6.07, 6.45) is 2.11. The third kappa shape index (κ3) is 4.16. The summed E-state index contributed by atoms with van der Waals surface area (Å²) in [6.45, 7) is 0. The van der Waals surface area contributed by atoms with E-state index in [0.29, 0.717) is 0 Å². The number of benzene rings is 4. The molecule has 0 aliphatic heterocycles. The monoisotopic (exact) mass is 428 g/mol. The quantitative estimate of drug-likeness (QED) is 0.270. The fourth-order valence-corrected chi connectivity index (χ4v) is 4.34. The van der Waals surface area contributed by atoms with Crippen molar-refractivity contribution in [3.8, 4) is 50.4 Å². The predicted octanol–water partition coefficient (Wildman–Crippen LogP) is 7.19. The van der Waals surface area contributed by atoms with Gasteiger partial charge in [0, 0.05) is 12.1 Å². The topological polar surface area (TPSA) is 13.1 Å². The molecule has 0 fully saturated rings. The third-order valence-electron chi connectivity index (χ3n) is 6.04. The molecule has 160 valence electrons. The van der Waals surface area contributed by atoms with Gasteiger partial charge in [0.15, 0.2) is 6.20 Å². The summed E-state index contributed by atoms with van der Waals surface area (Å²) >= 11 is 0. The first kappa shape index (κ1) is 20.7. The van der Waals surface area contributed by atoms with Gasteiger partial charge in [0.05, 0.1) is 12.7 Å². The molecular weight excluding hydrogens is 402 g/mol. The van der Waals surface area contributed by atoms with Gasteiger partial charge in [-0.15, -0.1) is 0 Å². The average Bonchev–Trinajstić information content (AvgIpc) is 2.89. The lowest BCUT2D eigenvalue weighted by Crippen LogP contribution is -2.30. The number of hydrogen-bond donors (Lipinski definition) is 0. The predicted molar refractivity (Wildman–Crippen MR) is 136 cm³/mol. The molecule has 0 aliphatic rings. The summed E-state index contributed by atoms with van der Waals surface area (Å²) in [5, 5.41) is 0. The molecule has 0 amide bonds. The minimum Gasteiger partial charge on any atom is -0.497 e. The van der Waals surface area contributed by atoms with Crippen molar-refractivity contribution >= 4 is 0 Å². The van der Waals surface area contributed by atoms with Crippen LogP contribution in [0.2, 0.25) is 0 Å². The fourth-order valence-electron chi connectivity index (χ4n) is 4.34. The van der Waals surface area contributed by atoms with Gasteiger partial charge in [0.2, 0.25) is 5.69 Å². The number of hydrogen-bond acceptors (Lipinski definition) is 1. The first-order valence-electron chi connectivity index (χ1n) is 11.1. The summed E-state index contributed by atoms with van der Waals surface area (Å²) in [7, 11) is 3.81. The van der Waals surface area contributed by atoms with E-state index in [1.165, 1.54) is 39.1 Å².